The molecule has 0 heterocycles. The molecule has 0 spiro atoms. The van der Waals surface area contributed by atoms with E-state index in [-0.39, 0.29) is 0 Å². The zero-order chi connectivity index (χ0) is 17.6. The molecule has 0 aromatic heterocycles. The molecule has 1 rings (SSSR count). The molecule has 0 bridgehead atoms. The summed E-state index contributed by atoms with van der Waals surface area (Å²) in [5.41, 5.74) is 7.61. The lowest BCUT2D eigenvalue weighted by atomic mass is 9.88. The highest BCUT2D eigenvalue weighted by molar-refractivity contribution is 6.11. The van der Waals surface area contributed by atoms with Crippen LogP contribution in [0.15, 0.2) is 53.6 Å². The molecule has 0 aliphatic rings. The molecule has 0 saturated heterocycles. The van der Waals surface area contributed by atoms with Crippen LogP contribution in [-0.4, -0.2) is 5.71 Å². The van der Waals surface area contributed by atoms with Crippen molar-refractivity contribution in [2.75, 3.05) is 0 Å². The van der Waals surface area contributed by atoms with Crippen molar-refractivity contribution in [3.05, 3.63) is 70.3 Å². The normalized spacial score (nSPS) is 12.7. The van der Waals surface area contributed by atoms with Crippen LogP contribution < -0.4 is 0 Å². The molecule has 1 aromatic carbocycles. The molecule has 1 nitrogen and oxygen atoms in total. The van der Waals surface area contributed by atoms with Crippen LogP contribution in [0.4, 0.5) is 0 Å². The Hall–Kier alpha value is -1.89. The van der Waals surface area contributed by atoms with Crippen LogP contribution in [0.1, 0.15) is 70.1 Å². The van der Waals surface area contributed by atoms with Crippen LogP contribution in [0.5, 0.6) is 0 Å². The summed E-state index contributed by atoms with van der Waals surface area (Å²) in [5.74, 6) is 0.411. The molecule has 0 atom stereocenters. The van der Waals surface area contributed by atoms with E-state index in [2.05, 4.69) is 65.5 Å². The number of allylic oxidation sites excluding steroid dienone is 5. The summed E-state index contributed by atoms with van der Waals surface area (Å²) in [7, 11) is 0. The van der Waals surface area contributed by atoms with Gasteiger partial charge in [-0.25, -0.2) is 0 Å². The highest BCUT2D eigenvalue weighted by Gasteiger charge is 2.14. The second-order valence-corrected chi connectivity index (χ2v) is 6.61. The first-order valence-electron chi connectivity index (χ1n) is 8.50. The number of hydrogen-bond acceptors (Lipinski definition) is 1. The third kappa shape index (κ3) is 5.35. The largest absolute Gasteiger partial charge is 0.300 e. The number of benzene rings is 1. The Bertz CT molecular complexity index is 642. The maximum Gasteiger partial charge on any atom is 0.0647 e. The lowest BCUT2D eigenvalue weighted by molar-refractivity contribution is 0.861. The minimum Gasteiger partial charge on any atom is -0.300 e. The quantitative estimate of drug-likeness (QED) is 0.426. The lowest BCUT2D eigenvalue weighted by Crippen LogP contribution is -2.09. The summed E-state index contributed by atoms with van der Waals surface area (Å²) in [4.78, 5) is 0. The van der Waals surface area contributed by atoms with Crippen LogP contribution in [-0.2, 0) is 0 Å². The van der Waals surface area contributed by atoms with Crippen molar-refractivity contribution >= 4 is 5.71 Å². The summed E-state index contributed by atoms with van der Waals surface area (Å²) >= 11 is 0. The van der Waals surface area contributed by atoms with Crippen molar-refractivity contribution in [1.29, 1.82) is 5.41 Å². The Morgan fingerprint density at radius 1 is 1.30 bits per heavy atom. The van der Waals surface area contributed by atoms with E-state index < -0.39 is 0 Å². The number of aryl methyl sites for hydroxylation is 1. The van der Waals surface area contributed by atoms with Gasteiger partial charge in [-0.05, 0) is 50.7 Å². The van der Waals surface area contributed by atoms with Gasteiger partial charge in [0, 0.05) is 5.56 Å². The Morgan fingerprint density at radius 3 is 2.48 bits per heavy atom. The van der Waals surface area contributed by atoms with Crippen LogP contribution in [0, 0.1) is 12.3 Å². The average molecular weight is 309 g/mol. The molecule has 0 amide bonds. The smallest absolute Gasteiger partial charge is 0.0647 e. The van der Waals surface area contributed by atoms with E-state index in [1.807, 2.05) is 13.0 Å². The third-order valence-corrected chi connectivity index (χ3v) is 4.19. The first-order chi connectivity index (χ1) is 10.8. The molecule has 0 saturated carbocycles. The SMILES string of the molecule is C=C(/C=C(\C)CC)C/C(=C/C)C(=N)c1ccc(C)cc1C(C)C. The third-order valence-electron chi connectivity index (χ3n) is 4.19. The van der Waals surface area contributed by atoms with E-state index in [9.17, 15) is 0 Å². The summed E-state index contributed by atoms with van der Waals surface area (Å²) < 4.78 is 0. The Balaban J connectivity index is 3.10. The molecule has 1 N–H and O–H groups in total. The van der Waals surface area contributed by atoms with E-state index >= 15 is 0 Å². The lowest BCUT2D eigenvalue weighted by Gasteiger charge is -2.17. The monoisotopic (exact) mass is 309 g/mol. The second kappa shape index (κ2) is 8.67. The second-order valence-electron chi connectivity index (χ2n) is 6.61. The maximum absolute atomic E-state index is 8.68. The zero-order valence-electron chi connectivity index (χ0n) is 15.6. The van der Waals surface area contributed by atoms with Crippen molar-refractivity contribution in [3.63, 3.8) is 0 Å². The van der Waals surface area contributed by atoms with E-state index in [0.29, 0.717) is 11.6 Å². The summed E-state index contributed by atoms with van der Waals surface area (Å²) in [6.45, 7) is 16.9. The zero-order valence-corrected chi connectivity index (χ0v) is 15.6. The molecule has 0 radical (unpaired) electrons. The van der Waals surface area contributed by atoms with Gasteiger partial charge < -0.3 is 0 Å². The van der Waals surface area contributed by atoms with E-state index in [4.69, 9.17) is 5.41 Å². The van der Waals surface area contributed by atoms with Gasteiger partial charge in [-0.15, -0.1) is 0 Å². The van der Waals surface area contributed by atoms with Gasteiger partial charge in [0.15, 0.2) is 0 Å². The molecule has 0 aliphatic carbocycles. The summed E-state index contributed by atoms with van der Waals surface area (Å²) in [5, 5.41) is 8.68. The molecule has 0 unspecified atom stereocenters. The van der Waals surface area contributed by atoms with Gasteiger partial charge in [0.25, 0.3) is 0 Å². The fourth-order valence-electron chi connectivity index (χ4n) is 2.64. The number of rotatable bonds is 7. The topological polar surface area (TPSA) is 23.9 Å². The Labute approximate surface area is 142 Å². The van der Waals surface area contributed by atoms with E-state index in [0.717, 1.165) is 29.6 Å². The van der Waals surface area contributed by atoms with Crippen LogP contribution >= 0.6 is 0 Å². The molecule has 124 valence electrons. The average Bonchev–Trinajstić information content (AvgIpc) is 2.51. The minimum absolute atomic E-state index is 0.411. The van der Waals surface area contributed by atoms with Gasteiger partial charge in [0.2, 0.25) is 0 Å². The fraction of sp³-hybridized carbons (Fsp3) is 0.409. The van der Waals surface area contributed by atoms with Gasteiger partial charge in [0.05, 0.1) is 5.71 Å². The van der Waals surface area contributed by atoms with Crippen LogP contribution in [0.2, 0.25) is 0 Å². The number of hydrogen-bond donors (Lipinski definition) is 1. The summed E-state index contributed by atoms with van der Waals surface area (Å²) in [6, 6.07) is 6.39. The predicted molar refractivity (Wildman–Crippen MR) is 104 cm³/mol. The molecule has 0 fully saturated rings. The van der Waals surface area contributed by atoms with Crippen molar-refractivity contribution in [2.45, 2.75) is 60.3 Å². The van der Waals surface area contributed by atoms with Crippen molar-refractivity contribution < 1.29 is 0 Å². The van der Waals surface area contributed by atoms with Gasteiger partial charge in [-0.1, -0.05) is 74.4 Å². The predicted octanol–water partition coefficient (Wildman–Crippen LogP) is 6.74. The molecule has 1 aromatic rings. The molecule has 0 aliphatic heterocycles. The van der Waals surface area contributed by atoms with E-state index in [1.54, 1.807) is 0 Å². The van der Waals surface area contributed by atoms with Crippen molar-refractivity contribution in [1.82, 2.24) is 0 Å². The maximum atomic E-state index is 8.68. The standard InChI is InChI=1S/C22H31N/c1-8-16(5)12-18(7)13-19(9-2)22(23)20-11-10-17(6)14-21(20)15(3)4/h9-12,14-15,23H,7-8,13H2,1-6H3/b16-12+,19-9-,23-22?. The van der Waals surface area contributed by atoms with Gasteiger partial charge >= 0.3 is 0 Å². The van der Waals surface area contributed by atoms with E-state index in [1.165, 1.54) is 16.7 Å². The van der Waals surface area contributed by atoms with Crippen molar-refractivity contribution in [3.8, 4) is 0 Å². The summed E-state index contributed by atoms with van der Waals surface area (Å²) in [6.07, 6.45) is 5.97. The number of nitrogens with one attached hydrogen (secondary N) is 1. The molecule has 1 heteroatoms. The molecule has 23 heavy (non-hydrogen) atoms. The first-order valence-corrected chi connectivity index (χ1v) is 8.50. The first kappa shape index (κ1) is 19.2. The molecular formula is C22H31N. The fourth-order valence-corrected chi connectivity index (χ4v) is 2.64. The van der Waals surface area contributed by atoms with Gasteiger partial charge in [-0.3, -0.25) is 5.41 Å². The van der Waals surface area contributed by atoms with Crippen LogP contribution in [0.3, 0.4) is 0 Å². The van der Waals surface area contributed by atoms with Crippen molar-refractivity contribution in [2.24, 2.45) is 0 Å². The van der Waals surface area contributed by atoms with Gasteiger partial charge in [0.1, 0.15) is 0 Å². The van der Waals surface area contributed by atoms with Gasteiger partial charge in [-0.2, -0.15) is 0 Å². The highest BCUT2D eigenvalue weighted by Crippen LogP contribution is 2.25. The highest BCUT2D eigenvalue weighted by atomic mass is 14.4. The Morgan fingerprint density at radius 2 is 1.96 bits per heavy atom. The minimum atomic E-state index is 0.411. The molecular weight excluding hydrogens is 278 g/mol. The Kier molecular flexibility index (Phi) is 7.22. The van der Waals surface area contributed by atoms with Crippen LogP contribution in [0.25, 0.3) is 0 Å².